The summed E-state index contributed by atoms with van der Waals surface area (Å²) in [5.41, 5.74) is 7.61. The topological polar surface area (TPSA) is 58.7 Å². The molecule has 1 aromatic rings. The van der Waals surface area contributed by atoms with Gasteiger partial charge in [0.2, 0.25) is 0 Å². The van der Waals surface area contributed by atoms with E-state index < -0.39 is 0 Å². The number of rotatable bonds is 4. The molecule has 4 nitrogen and oxygen atoms in total. The van der Waals surface area contributed by atoms with E-state index in [4.69, 9.17) is 22.7 Å². The number of piperidine rings is 1. The lowest BCUT2D eigenvalue weighted by molar-refractivity contribution is 0.240. The summed E-state index contributed by atoms with van der Waals surface area (Å²) in [4.78, 5) is 2.57. The van der Waals surface area contributed by atoms with Gasteiger partial charge in [-0.1, -0.05) is 12.2 Å². The Morgan fingerprint density at radius 1 is 1.53 bits per heavy atom. The number of benzene rings is 1. The first kappa shape index (κ1) is 14.1. The number of aliphatic hydroxyl groups is 1. The monoisotopic (exact) mass is 280 g/mol. The SMILES string of the molecule is COc1ccc(C(N)=S)c(N2CCCCC2CO)c1. The minimum Gasteiger partial charge on any atom is -0.497 e. The Balaban J connectivity index is 2.42. The number of ether oxygens (including phenoxy) is 1. The largest absolute Gasteiger partial charge is 0.497 e. The molecular formula is C14H20N2O2S. The van der Waals surface area contributed by atoms with Crippen LogP contribution in [0.5, 0.6) is 5.75 Å². The fraction of sp³-hybridized carbons (Fsp3) is 0.500. The highest BCUT2D eigenvalue weighted by atomic mass is 32.1. The van der Waals surface area contributed by atoms with Crippen molar-refractivity contribution in [3.63, 3.8) is 0 Å². The van der Waals surface area contributed by atoms with E-state index in [0.717, 1.165) is 42.8 Å². The Labute approximate surface area is 119 Å². The zero-order valence-corrected chi connectivity index (χ0v) is 11.9. The predicted molar refractivity (Wildman–Crippen MR) is 81.0 cm³/mol. The number of methoxy groups -OCH3 is 1. The van der Waals surface area contributed by atoms with Crippen molar-refractivity contribution in [3.05, 3.63) is 23.8 Å². The molecule has 1 saturated heterocycles. The fourth-order valence-corrected chi connectivity index (χ4v) is 2.76. The molecule has 19 heavy (non-hydrogen) atoms. The van der Waals surface area contributed by atoms with Crippen LogP contribution in [0.1, 0.15) is 24.8 Å². The van der Waals surface area contributed by atoms with Crippen molar-refractivity contribution in [1.29, 1.82) is 0 Å². The number of thiocarbonyl (C=S) groups is 1. The van der Waals surface area contributed by atoms with Gasteiger partial charge in [0.1, 0.15) is 10.7 Å². The minimum absolute atomic E-state index is 0.133. The maximum Gasteiger partial charge on any atom is 0.120 e. The van der Waals surface area contributed by atoms with Gasteiger partial charge >= 0.3 is 0 Å². The van der Waals surface area contributed by atoms with Gasteiger partial charge in [0.15, 0.2) is 0 Å². The standard InChI is InChI=1S/C14H20N2O2S/c1-18-11-5-6-12(14(15)19)13(8-11)16-7-3-2-4-10(16)9-17/h5-6,8,10,17H,2-4,7,9H2,1H3,(H2,15,19). The minimum atomic E-state index is 0.133. The lowest BCUT2D eigenvalue weighted by Crippen LogP contribution is -2.42. The number of nitrogens with zero attached hydrogens (tertiary/aromatic N) is 1. The molecule has 1 heterocycles. The maximum atomic E-state index is 9.54. The Kier molecular flexibility index (Phi) is 4.61. The Bertz CT molecular complexity index is 465. The average Bonchev–Trinajstić information content (AvgIpc) is 2.46. The molecule has 0 saturated carbocycles. The van der Waals surface area contributed by atoms with Crippen LogP contribution in [0.3, 0.4) is 0 Å². The van der Waals surface area contributed by atoms with Crippen LogP contribution < -0.4 is 15.4 Å². The summed E-state index contributed by atoms with van der Waals surface area (Å²) >= 11 is 5.12. The lowest BCUT2D eigenvalue weighted by atomic mass is 10.00. The number of hydrogen-bond donors (Lipinski definition) is 2. The number of anilines is 1. The molecule has 0 aliphatic carbocycles. The van der Waals surface area contributed by atoms with Gasteiger partial charge in [-0.25, -0.2) is 0 Å². The molecule has 0 amide bonds. The summed E-state index contributed by atoms with van der Waals surface area (Å²) in [7, 11) is 1.64. The Hall–Kier alpha value is -1.33. The summed E-state index contributed by atoms with van der Waals surface area (Å²) in [5, 5.41) is 9.54. The van der Waals surface area contributed by atoms with Crippen molar-refractivity contribution in [1.82, 2.24) is 0 Å². The van der Waals surface area contributed by atoms with Crippen molar-refractivity contribution < 1.29 is 9.84 Å². The summed E-state index contributed by atoms with van der Waals surface area (Å²) in [6.45, 7) is 1.06. The van der Waals surface area contributed by atoms with Crippen LogP contribution in [0.2, 0.25) is 0 Å². The maximum absolute atomic E-state index is 9.54. The smallest absolute Gasteiger partial charge is 0.120 e. The second-order valence-electron chi connectivity index (χ2n) is 4.77. The van der Waals surface area contributed by atoms with E-state index in [-0.39, 0.29) is 12.6 Å². The molecule has 0 aromatic heterocycles. The molecule has 1 aliphatic heterocycles. The summed E-state index contributed by atoms with van der Waals surface area (Å²) in [6, 6.07) is 5.83. The van der Waals surface area contributed by atoms with Gasteiger partial charge in [-0.2, -0.15) is 0 Å². The van der Waals surface area contributed by atoms with E-state index >= 15 is 0 Å². The number of hydrogen-bond acceptors (Lipinski definition) is 4. The van der Waals surface area contributed by atoms with Gasteiger partial charge in [0.05, 0.1) is 25.4 Å². The second kappa shape index (κ2) is 6.21. The van der Waals surface area contributed by atoms with Gasteiger partial charge in [-0.15, -0.1) is 0 Å². The van der Waals surface area contributed by atoms with E-state index in [2.05, 4.69) is 4.90 Å². The second-order valence-corrected chi connectivity index (χ2v) is 5.21. The first-order valence-corrected chi connectivity index (χ1v) is 6.93. The molecule has 1 aromatic carbocycles. The predicted octanol–water partition coefficient (Wildman–Crippen LogP) is 1.68. The summed E-state index contributed by atoms with van der Waals surface area (Å²) in [5.74, 6) is 0.775. The third-order valence-corrected chi connectivity index (χ3v) is 3.84. The molecule has 1 atom stereocenters. The highest BCUT2D eigenvalue weighted by molar-refractivity contribution is 7.80. The van der Waals surface area contributed by atoms with E-state index in [1.54, 1.807) is 7.11 Å². The van der Waals surface area contributed by atoms with E-state index in [1.165, 1.54) is 0 Å². The molecule has 104 valence electrons. The fourth-order valence-electron chi connectivity index (χ4n) is 2.59. The van der Waals surface area contributed by atoms with Gasteiger partial charge in [0, 0.05) is 18.2 Å². The van der Waals surface area contributed by atoms with Gasteiger partial charge in [-0.05, 0) is 31.4 Å². The molecule has 1 fully saturated rings. The Morgan fingerprint density at radius 2 is 2.32 bits per heavy atom. The first-order chi connectivity index (χ1) is 9.17. The first-order valence-electron chi connectivity index (χ1n) is 6.52. The summed E-state index contributed by atoms with van der Waals surface area (Å²) in [6.07, 6.45) is 3.25. The average molecular weight is 280 g/mol. The highest BCUT2D eigenvalue weighted by Crippen LogP contribution is 2.31. The molecule has 0 radical (unpaired) electrons. The van der Waals surface area contributed by atoms with Gasteiger partial charge < -0.3 is 20.5 Å². The van der Waals surface area contributed by atoms with E-state index in [0.29, 0.717) is 4.99 Å². The van der Waals surface area contributed by atoms with Crippen molar-refractivity contribution in [2.45, 2.75) is 25.3 Å². The van der Waals surface area contributed by atoms with Crippen LogP contribution in [-0.2, 0) is 0 Å². The molecule has 1 unspecified atom stereocenters. The van der Waals surface area contributed by atoms with Crippen LogP contribution >= 0.6 is 12.2 Å². The van der Waals surface area contributed by atoms with Crippen LogP contribution in [0, 0.1) is 0 Å². The number of nitrogens with two attached hydrogens (primary N) is 1. The van der Waals surface area contributed by atoms with E-state index in [9.17, 15) is 5.11 Å². The third kappa shape index (κ3) is 2.98. The van der Waals surface area contributed by atoms with Crippen LogP contribution in [0.15, 0.2) is 18.2 Å². The Morgan fingerprint density at radius 3 is 2.95 bits per heavy atom. The molecule has 3 N–H and O–H groups in total. The van der Waals surface area contributed by atoms with Crippen LogP contribution in [0.25, 0.3) is 0 Å². The molecular weight excluding hydrogens is 260 g/mol. The summed E-state index contributed by atoms with van der Waals surface area (Å²) < 4.78 is 5.28. The van der Waals surface area contributed by atoms with E-state index in [1.807, 2.05) is 18.2 Å². The number of aliphatic hydroxyl groups excluding tert-OH is 1. The zero-order valence-electron chi connectivity index (χ0n) is 11.1. The third-order valence-electron chi connectivity index (χ3n) is 3.62. The molecule has 0 spiro atoms. The van der Waals surface area contributed by atoms with Crippen LogP contribution in [-0.4, -0.2) is 36.4 Å². The van der Waals surface area contributed by atoms with Crippen molar-refractivity contribution in [2.75, 3.05) is 25.2 Å². The van der Waals surface area contributed by atoms with Gasteiger partial charge in [-0.3, -0.25) is 0 Å². The normalized spacial score (nSPS) is 19.3. The van der Waals surface area contributed by atoms with Crippen molar-refractivity contribution in [2.24, 2.45) is 5.73 Å². The highest BCUT2D eigenvalue weighted by Gasteiger charge is 2.24. The molecule has 0 bridgehead atoms. The van der Waals surface area contributed by atoms with Crippen molar-refractivity contribution >= 4 is 22.9 Å². The zero-order chi connectivity index (χ0) is 13.8. The quantitative estimate of drug-likeness (QED) is 0.822. The lowest BCUT2D eigenvalue weighted by Gasteiger charge is -2.37. The molecule has 5 heteroatoms. The molecule has 2 rings (SSSR count). The molecule has 1 aliphatic rings. The van der Waals surface area contributed by atoms with Gasteiger partial charge in [0.25, 0.3) is 0 Å². The van der Waals surface area contributed by atoms with Crippen molar-refractivity contribution in [3.8, 4) is 5.75 Å². The van der Waals surface area contributed by atoms with Crippen LogP contribution in [0.4, 0.5) is 5.69 Å².